The highest BCUT2D eigenvalue weighted by Gasteiger charge is 2.08. The lowest BCUT2D eigenvalue weighted by Crippen LogP contribution is -2.29. The van der Waals surface area contributed by atoms with Crippen LogP contribution in [-0.2, 0) is 9.53 Å². The van der Waals surface area contributed by atoms with Crippen LogP contribution in [0.4, 0.5) is 0 Å². The second-order valence-corrected chi connectivity index (χ2v) is 1.70. The van der Waals surface area contributed by atoms with Crippen molar-refractivity contribution in [3.05, 3.63) is 0 Å². The summed E-state index contributed by atoms with van der Waals surface area (Å²) in [5.41, 5.74) is 4.73. The molecule has 4 nitrogen and oxygen atoms in total. The number of hydrogen-bond acceptors (Lipinski definition) is 3. The van der Waals surface area contributed by atoms with Crippen LogP contribution in [0.5, 0.6) is 0 Å². The molecule has 0 radical (unpaired) electrons. The van der Waals surface area contributed by atoms with E-state index in [1.807, 2.05) is 0 Å². The predicted molar refractivity (Wildman–Crippen MR) is 31.7 cm³/mol. The maximum Gasteiger partial charge on any atom is 0.246 e. The standard InChI is InChI=1S/C5H11NO3/c1-9-3-2-4(7)5(6)8/h4,7H,2-3H2,1H3,(H2,6,8)/t4-/m1/s1. The molecular formula is C5H11NO3. The first-order valence-electron chi connectivity index (χ1n) is 2.64. The lowest BCUT2D eigenvalue weighted by molar-refractivity contribution is -0.126. The fourth-order valence-electron chi connectivity index (χ4n) is 0.372. The van der Waals surface area contributed by atoms with E-state index in [-0.39, 0.29) is 6.42 Å². The number of ether oxygens (including phenoxy) is 1. The summed E-state index contributed by atoms with van der Waals surface area (Å²) in [6.45, 7) is 0.351. The minimum atomic E-state index is -1.06. The molecule has 0 saturated heterocycles. The average molecular weight is 133 g/mol. The van der Waals surface area contributed by atoms with Crippen molar-refractivity contribution in [3.8, 4) is 0 Å². The van der Waals surface area contributed by atoms with Gasteiger partial charge in [-0.1, -0.05) is 0 Å². The molecule has 0 bridgehead atoms. The van der Waals surface area contributed by atoms with E-state index in [9.17, 15) is 4.79 Å². The third-order valence-electron chi connectivity index (χ3n) is 0.924. The van der Waals surface area contributed by atoms with E-state index in [1.165, 1.54) is 7.11 Å². The Balaban J connectivity index is 3.27. The van der Waals surface area contributed by atoms with Crippen molar-refractivity contribution >= 4 is 5.91 Å². The van der Waals surface area contributed by atoms with Crippen LogP contribution in [0.2, 0.25) is 0 Å². The number of carbonyl (C=O) groups is 1. The molecule has 0 aromatic rings. The molecule has 0 aromatic carbocycles. The summed E-state index contributed by atoms with van der Waals surface area (Å²) >= 11 is 0. The minimum Gasteiger partial charge on any atom is -0.385 e. The number of amides is 1. The molecule has 4 heteroatoms. The number of nitrogens with two attached hydrogens (primary N) is 1. The normalized spacial score (nSPS) is 13.1. The van der Waals surface area contributed by atoms with Gasteiger partial charge in [0.1, 0.15) is 6.10 Å². The Morgan fingerprint density at radius 2 is 2.44 bits per heavy atom. The van der Waals surface area contributed by atoms with Gasteiger partial charge in [-0.15, -0.1) is 0 Å². The molecule has 0 aliphatic carbocycles. The summed E-state index contributed by atoms with van der Waals surface area (Å²) in [5.74, 6) is -0.702. The summed E-state index contributed by atoms with van der Waals surface area (Å²) in [6, 6.07) is 0. The van der Waals surface area contributed by atoms with Gasteiger partial charge < -0.3 is 15.6 Å². The predicted octanol–water partition coefficient (Wildman–Crippen LogP) is -1.13. The number of aliphatic hydroxyl groups is 1. The third-order valence-corrected chi connectivity index (χ3v) is 0.924. The Hall–Kier alpha value is -0.610. The van der Waals surface area contributed by atoms with Gasteiger partial charge in [0.05, 0.1) is 0 Å². The Morgan fingerprint density at radius 1 is 1.89 bits per heavy atom. The fraction of sp³-hybridized carbons (Fsp3) is 0.800. The molecule has 0 rings (SSSR count). The maximum absolute atomic E-state index is 10.1. The molecule has 0 aliphatic heterocycles. The number of primary amides is 1. The van der Waals surface area contributed by atoms with Crippen molar-refractivity contribution in [3.63, 3.8) is 0 Å². The van der Waals surface area contributed by atoms with Gasteiger partial charge in [-0.2, -0.15) is 0 Å². The summed E-state index contributed by atoms with van der Waals surface area (Å²) in [7, 11) is 1.49. The van der Waals surface area contributed by atoms with E-state index in [0.717, 1.165) is 0 Å². The summed E-state index contributed by atoms with van der Waals surface area (Å²) in [5, 5.41) is 8.70. The van der Waals surface area contributed by atoms with E-state index in [1.54, 1.807) is 0 Å². The zero-order valence-electron chi connectivity index (χ0n) is 5.33. The first kappa shape index (κ1) is 8.39. The van der Waals surface area contributed by atoms with Gasteiger partial charge in [0.2, 0.25) is 5.91 Å². The molecule has 0 fully saturated rings. The Morgan fingerprint density at radius 3 is 2.78 bits per heavy atom. The van der Waals surface area contributed by atoms with E-state index in [0.29, 0.717) is 6.61 Å². The van der Waals surface area contributed by atoms with Gasteiger partial charge in [0, 0.05) is 20.1 Å². The highest BCUT2D eigenvalue weighted by Crippen LogP contribution is 1.88. The van der Waals surface area contributed by atoms with Gasteiger partial charge in [-0.3, -0.25) is 4.79 Å². The fourth-order valence-corrected chi connectivity index (χ4v) is 0.372. The molecule has 1 atom stereocenters. The van der Waals surface area contributed by atoms with Gasteiger partial charge in [-0.25, -0.2) is 0 Å². The van der Waals surface area contributed by atoms with Crippen molar-refractivity contribution < 1.29 is 14.6 Å². The van der Waals surface area contributed by atoms with Crippen molar-refractivity contribution in [2.45, 2.75) is 12.5 Å². The second kappa shape index (κ2) is 4.29. The van der Waals surface area contributed by atoms with Crippen LogP contribution in [0.25, 0.3) is 0 Å². The second-order valence-electron chi connectivity index (χ2n) is 1.70. The van der Waals surface area contributed by atoms with Crippen molar-refractivity contribution in [2.24, 2.45) is 5.73 Å². The number of carbonyl (C=O) groups excluding carboxylic acids is 1. The minimum absolute atomic E-state index is 0.270. The molecule has 1 amide bonds. The summed E-state index contributed by atoms with van der Waals surface area (Å²) in [6.07, 6.45) is -0.795. The van der Waals surface area contributed by atoms with Crippen LogP contribution in [-0.4, -0.2) is 30.8 Å². The highest BCUT2D eigenvalue weighted by atomic mass is 16.5. The van der Waals surface area contributed by atoms with Gasteiger partial charge in [0.15, 0.2) is 0 Å². The zero-order chi connectivity index (χ0) is 7.28. The first-order valence-corrected chi connectivity index (χ1v) is 2.64. The Labute approximate surface area is 53.6 Å². The molecule has 0 saturated carbocycles. The van der Waals surface area contributed by atoms with E-state index in [4.69, 9.17) is 10.8 Å². The van der Waals surface area contributed by atoms with E-state index in [2.05, 4.69) is 4.74 Å². The van der Waals surface area contributed by atoms with Gasteiger partial charge in [0.25, 0.3) is 0 Å². The van der Waals surface area contributed by atoms with E-state index < -0.39 is 12.0 Å². The molecular weight excluding hydrogens is 122 g/mol. The summed E-state index contributed by atoms with van der Waals surface area (Å²) in [4.78, 5) is 10.1. The number of rotatable bonds is 4. The average Bonchev–Trinajstić information content (AvgIpc) is 1.82. The highest BCUT2D eigenvalue weighted by molar-refractivity contribution is 5.78. The molecule has 0 aromatic heterocycles. The topological polar surface area (TPSA) is 72.6 Å². The summed E-state index contributed by atoms with van der Waals surface area (Å²) < 4.78 is 4.59. The van der Waals surface area contributed by atoms with Crippen LogP contribution in [0, 0.1) is 0 Å². The van der Waals surface area contributed by atoms with Crippen LogP contribution >= 0.6 is 0 Å². The molecule has 0 heterocycles. The van der Waals surface area contributed by atoms with Crippen molar-refractivity contribution in [2.75, 3.05) is 13.7 Å². The maximum atomic E-state index is 10.1. The molecule has 54 valence electrons. The lowest BCUT2D eigenvalue weighted by Gasteiger charge is -2.03. The number of methoxy groups -OCH3 is 1. The van der Waals surface area contributed by atoms with Crippen LogP contribution in [0.1, 0.15) is 6.42 Å². The van der Waals surface area contributed by atoms with Gasteiger partial charge in [-0.05, 0) is 0 Å². The smallest absolute Gasteiger partial charge is 0.246 e. The molecule has 0 spiro atoms. The number of aliphatic hydroxyl groups excluding tert-OH is 1. The van der Waals surface area contributed by atoms with Crippen LogP contribution in [0.3, 0.4) is 0 Å². The SMILES string of the molecule is COCC[C@@H](O)C(N)=O. The third kappa shape index (κ3) is 3.93. The Bertz CT molecular complexity index is 94.2. The number of hydrogen-bond donors (Lipinski definition) is 2. The molecule has 0 aliphatic rings. The lowest BCUT2D eigenvalue weighted by atomic mass is 10.2. The van der Waals surface area contributed by atoms with Crippen LogP contribution in [0.15, 0.2) is 0 Å². The molecule has 0 unspecified atom stereocenters. The quantitative estimate of drug-likeness (QED) is 0.509. The van der Waals surface area contributed by atoms with E-state index >= 15 is 0 Å². The van der Waals surface area contributed by atoms with Gasteiger partial charge >= 0.3 is 0 Å². The Kier molecular flexibility index (Phi) is 4.00. The monoisotopic (exact) mass is 133 g/mol. The largest absolute Gasteiger partial charge is 0.385 e. The van der Waals surface area contributed by atoms with Crippen molar-refractivity contribution in [1.82, 2.24) is 0 Å². The molecule has 9 heavy (non-hydrogen) atoms. The zero-order valence-corrected chi connectivity index (χ0v) is 5.33. The van der Waals surface area contributed by atoms with Crippen molar-refractivity contribution in [1.29, 1.82) is 0 Å². The first-order chi connectivity index (χ1) is 4.18. The van der Waals surface area contributed by atoms with Crippen LogP contribution < -0.4 is 5.73 Å². The molecule has 3 N–H and O–H groups in total.